The summed E-state index contributed by atoms with van der Waals surface area (Å²) < 4.78 is 0. The van der Waals surface area contributed by atoms with E-state index in [0.717, 1.165) is 19.5 Å². The average Bonchev–Trinajstić information content (AvgIpc) is 2.37. The molecule has 0 aromatic rings. The number of carbonyl (C=O) groups excluding carboxylic acids is 1. The number of hydrogen-bond donors (Lipinski definition) is 0. The number of carbonyl (C=O) groups is 1. The molecule has 0 aromatic carbocycles. The van der Waals surface area contributed by atoms with Gasteiger partial charge in [-0.2, -0.15) is 0 Å². The van der Waals surface area contributed by atoms with E-state index >= 15 is 0 Å². The second-order valence-electron chi connectivity index (χ2n) is 3.85. The highest BCUT2D eigenvalue weighted by molar-refractivity contribution is 5.92. The molecule has 2 bridgehead atoms. The zero-order chi connectivity index (χ0) is 7.35. The number of Topliss-reactive ketones (excluding diaryl/α,β-unsaturated/α-hetero) is 1. The van der Waals surface area contributed by atoms with Gasteiger partial charge in [0, 0.05) is 12.5 Å². The van der Waals surface area contributed by atoms with Crippen LogP contribution in [0.1, 0.15) is 20.3 Å². The molecule has 0 radical (unpaired) electrons. The molecule has 2 saturated heterocycles. The van der Waals surface area contributed by atoms with Gasteiger partial charge in [-0.05, 0) is 26.8 Å². The molecular formula is C8H13NO. The fourth-order valence-corrected chi connectivity index (χ4v) is 2.14. The maximum Gasteiger partial charge on any atom is 0.156 e. The molecule has 0 amide bonds. The van der Waals surface area contributed by atoms with Crippen molar-refractivity contribution in [1.29, 1.82) is 0 Å². The molecule has 10 heavy (non-hydrogen) atoms. The molecule has 2 unspecified atom stereocenters. The fraction of sp³-hybridized carbons (Fsp3) is 0.875. The van der Waals surface area contributed by atoms with Crippen molar-refractivity contribution in [2.45, 2.75) is 25.8 Å². The molecule has 2 aliphatic rings. The van der Waals surface area contributed by atoms with Crippen molar-refractivity contribution in [3.8, 4) is 0 Å². The predicted octanol–water partition coefficient (Wildman–Crippen LogP) is 0.670. The third-order valence-corrected chi connectivity index (χ3v) is 2.95. The first-order chi connectivity index (χ1) is 4.62. The summed E-state index contributed by atoms with van der Waals surface area (Å²) in [5.74, 6) is 0.828. The lowest BCUT2D eigenvalue weighted by molar-refractivity contribution is -0.128. The number of ketones is 1. The first-order valence-corrected chi connectivity index (χ1v) is 3.92. The zero-order valence-corrected chi connectivity index (χ0v) is 6.55. The highest BCUT2D eigenvalue weighted by atomic mass is 16.1. The minimum Gasteiger partial charge on any atom is -0.297 e. The van der Waals surface area contributed by atoms with E-state index in [1.165, 1.54) is 0 Å². The van der Waals surface area contributed by atoms with E-state index in [2.05, 4.69) is 4.90 Å². The molecule has 0 aliphatic carbocycles. The Kier molecular flexibility index (Phi) is 1.03. The quantitative estimate of drug-likeness (QED) is 0.491. The molecule has 0 spiro atoms. The van der Waals surface area contributed by atoms with Crippen LogP contribution < -0.4 is 0 Å². The van der Waals surface area contributed by atoms with Crippen molar-refractivity contribution < 1.29 is 4.79 Å². The van der Waals surface area contributed by atoms with Gasteiger partial charge in [0.2, 0.25) is 0 Å². The van der Waals surface area contributed by atoms with E-state index in [0.29, 0.717) is 11.7 Å². The maximum atomic E-state index is 11.4. The molecule has 56 valence electrons. The average molecular weight is 139 g/mol. The van der Waals surface area contributed by atoms with Gasteiger partial charge in [0.05, 0.1) is 5.54 Å². The standard InChI is InChI=1S/C8H13NO/c1-8(2)7(10)6-3-4-9(8)5-6/h6H,3-5H2,1-2H3. The van der Waals surface area contributed by atoms with E-state index in [-0.39, 0.29) is 5.54 Å². The van der Waals surface area contributed by atoms with E-state index < -0.39 is 0 Å². The Bertz CT molecular complexity index is 186. The van der Waals surface area contributed by atoms with Gasteiger partial charge in [0.15, 0.2) is 5.78 Å². The first kappa shape index (κ1) is 6.35. The highest BCUT2D eigenvalue weighted by Crippen LogP contribution is 2.36. The van der Waals surface area contributed by atoms with Crippen molar-refractivity contribution in [1.82, 2.24) is 4.90 Å². The van der Waals surface area contributed by atoms with Crippen LogP contribution in [-0.2, 0) is 4.79 Å². The lowest BCUT2D eigenvalue weighted by Gasteiger charge is -2.30. The van der Waals surface area contributed by atoms with Crippen molar-refractivity contribution in [3.05, 3.63) is 0 Å². The fourth-order valence-electron chi connectivity index (χ4n) is 2.14. The second kappa shape index (κ2) is 1.62. The van der Waals surface area contributed by atoms with Gasteiger partial charge in [0.1, 0.15) is 0 Å². The van der Waals surface area contributed by atoms with Crippen LogP contribution >= 0.6 is 0 Å². The van der Waals surface area contributed by atoms with E-state index in [1.807, 2.05) is 13.8 Å². The van der Waals surface area contributed by atoms with Crippen LogP contribution in [0.3, 0.4) is 0 Å². The van der Waals surface area contributed by atoms with Crippen LogP contribution in [0.2, 0.25) is 0 Å². The second-order valence-corrected chi connectivity index (χ2v) is 3.85. The van der Waals surface area contributed by atoms with E-state index in [1.54, 1.807) is 0 Å². The Labute approximate surface area is 61.2 Å². The molecule has 2 nitrogen and oxygen atoms in total. The number of hydrogen-bond acceptors (Lipinski definition) is 2. The van der Waals surface area contributed by atoms with Gasteiger partial charge < -0.3 is 0 Å². The van der Waals surface area contributed by atoms with Crippen LogP contribution in [0.15, 0.2) is 0 Å². The zero-order valence-electron chi connectivity index (χ0n) is 6.55. The highest BCUT2D eigenvalue weighted by Gasteiger charge is 2.50. The van der Waals surface area contributed by atoms with Crippen molar-refractivity contribution in [2.24, 2.45) is 5.92 Å². The largest absolute Gasteiger partial charge is 0.297 e. The molecule has 2 rings (SSSR count). The Balaban J connectivity index is 2.34. The Morgan fingerprint density at radius 1 is 1.60 bits per heavy atom. The molecule has 2 heteroatoms. The normalized spacial score (nSPS) is 42.8. The van der Waals surface area contributed by atoms with Crippen molar-refractivity contribution in [2.75, 3.05) is 13.1 Å². The molecule has 0 saturated carbocycles. The third kappa shape index (κ3) is 0.553. The van der Waals surface area contributed by atoms with E-state index in [9.17, 15) is 4.79 Å². The smallest absolute Gasteiger partial charge is 0.156 e. The Morgan fingerprint density at radius 3 is 2.60 bits per heavy atom. The van der Waals surface area contributed by atoms with Gasteiger partial charge in [-0.15, -0.1) is 0 Å². The molecule has 2 aliphatic heterocycles. The van der Waals surface area contributed by atoms with E-state index in [4.69, 9.17) is 0 Å². The summed E-state index contributed by atoms with van der Waals surface area (Å²) in [6, 6.07) is 0. The minimum absolute atomic E-state index is 0.136. The molecular weight excluding hydrogens is 126 g/mol. The summed E-state index contributed by atoms with van der Waals surface area (Å²) in [5.41, 5.74) is -0.136. The van der Waals surface area contributed by atoms with Crippen LogP contribution in [-0.4, -0.2) is 29.3 Å². The molecule has 2 atom stereocenters. The monoisotopic (exact) mass is 139 g/mol. The van der Waals surface area contributed by atoms with Crippen LogP contribution in [0.4, 0.5) is 0 Å². The van der Waals surface area contributed by atoms with Gasteiger partial charge in [-0.1, -0.05) is 0 Å². The lowest BCUT2D eigenvalue weighted by atomic mass is 9.90. The lowest BCUT2D eigenvalue weighted by Crippen LogP contribution is -2.45. The Morgan fingerprint density at radius 2 is 2.30 bits per heavy atom. The van der Waals surface area contributed by atoms with Crippen molar-refractivity contribution in [3.63, 3.8) is 0 Å². The summed E-state index contributed by atoms with van der Waals surface area (Å²) in [6.07, 6.45) is 1.10. The first-order valence-electron chi connectivity index (χ1n) is 3.92. The summed E-state index contributed by atoms with van der Waals surface area (Å²) in [4.78, 5) is 13.7. The van der Waals surface area contributed by atoms with Crippen LogP contribution in [0, 0.1) is 5.92 Å². The number of fused-ring (bicyclic) bond motifs is 2. The topological polar surface area (TPSA) is 20.3 Å². The van der Waals surface area contributed by atoms with Crippen molar-refractivity contribution >= 4 is 5.78 Å². The van der Waals surface area contributed by atoms with Gasteiger partial charge in [-0.3, -0.25) is 9.69 Å². The third-order valence-electron chi connectivity index (χ3n) is 2.95. The summed E-state index contributed by atoms with van der Waals surface area (Å²) in [6.45, 7) is 6.22. The van der Waals surface area contributed by atoms with Gasteiger partial charge >= 0.3 is 0 Å². The molecule has 2 heterocycles. The minimum atomic E-state index is -0.136. The maximum absolute atomic E-state index is 11.4. The SMILES string of the molecule is CC1(C)C(=O)C2CCN1C2. The molecule has 0 aromatic heterocycles. The molecule has 2 fully saturated rings. The Hall–Kier alpha value is -0.370. The van der Waals surface area contributed by atoms with Crippen LogP contribution in [0.25, 0.3) is 0 Å². The summed E-state index contributed by atoms with van der Waals surface area (Å²) in [5, 5.41) is 0. The number of nitrogens with zero attached hydrogens (tertiary/aromatic N) is 1. The summed E-state index contributed by atoms with van der Waals surface area (Å²) in [7, 11) is 0. The number of rotatable bonds is 0. The molecule has 0 N–H and O–H groups in total. The van der Waals surface area contributed by atoms with Gasteiger partial charge in [-0.25, -0.2) is 0 Å². The predicted molar refractivity (Wildman–Crippen MR) is 38.8 cm³/mol. The van der Waals surface area contributed by atoms with Gasteiger partial charge in [0.25, 0.3) is 0 Å². The summed E-state index contributed by atoms with van der Waals surface area (Å²) >= 11 is 0. The van der Waals surface area contributed by atoms with Crippen LogP contribution in [0.5, 0.6) is 0 Å². The number of piperidine rings is 1.